The van der Waals surface area contributed by atoms with Crippen molar-refractivity contribution >= 4 is 5.78 Å². The van der Waals surface area contributed by atoms with Crippen LogP contribution in [0.15, 0.2) is 24.3 Å². The molecule has 2 heteroatoms. The predicted molar refractivity (Wildman–Crippen MR) is 62.9 cm³/mol. The lowest BCUT2D eigenvalue weighted by molar-refractivity contribution is 0.0892. The number of rotatable bonds is 4. The molecular weight excluding hydrogens is 186 g/mol. The third-order valence-electron chi connectivity index (χ3n) is 2.73. The first kappa shape index (κ1) is 11.9. The molecule has 0 aliphatic heterocycles. The average molecular weight is 205 g/mol. The van der Waals surface area contributed by atoms with Crippen LogP contribution < -0.4 is 5.73 Å². The van der Waals surface area contributed by atoms with Gasteiger partial charge in [-0.05, 0) is 12.8 Å². The minimum absolute atomic E-state index is 0.0623. The SMILES string of the molecule is Cc1ccc(C(=O)C(CN)C(C)C)cc1. The van der Waals surface area contributed by atoms with Gasteiger partial charge in [0.2, 0.25) is 0 Å². The van der Waals surface area contributed by atoms with Crippen molar-refractivity contribution in [1.82, 2.24) is 0 Å². The molecule has 0 fully saturated rings. The Morgan fingerprint density at radius 3 is 2.20 bits per heavy atom. The summed E-state index contributed by atoms with van der Waals surface area (Å²) in [5.41, 5.74) is 7.56. The molecule has 0 heterocycles. The van der Waals surface area contributed by atoms with E-state index in [0.29, 0.717) is 12.5 Å². The molecule has 0 saturated carbocycles. The number of benzene rings is 1. The first-order chi connectivity index (χ1) is 7.06. The zero-order valence-electron chi connectivity index (χ0n) is 9.66. The number of nitrogens with two attached hydrogens (primary N) is 1. The van der Waals surface area contributed by atoms with Crippen molar-refractivity contribution in [2.24, 2.45) is 17.6 Å². The highest BCUT2D eigenvalue weighted by Crippen LogP contribution is 2.16. The van der Waals surface area contributed by atoms with E-state index in [4.69, 9.17) is 5.73 Å². The second-order valence-corrected chi connectivity index (χ2v) is 4.32. The number of Topliss-reactive ketones (excluding diaryl/α,β-unsaturated/α-hetero) is 1. The topological polar surface area (TPSA) is 43.1 Å². The van der Waals surface area contributed by atoms with Gasteiger partial charge in [-0.15, -0.1) is 0 Å². The molecule has 2 N–H and O–H groups in total. The van der Waals surface area contributed by atoms with Gasteiger partial charge in [0.05, 0.1) is 0 Å². The van der Waals surface area contributed by atoms with Gasteiger partial charge in [0.25, 0.3) is 0 Å². The number of hydrogen-bond donors (Lipinski definition) is 1. The molecule has 0 saturated heterocycles. The predicted octanol–water partition coefficient (Wildman–Crippen LogP) is 2.41. The van der Waals surface area contributed by atoms with Crippen LogP contribution in [0.4, 0.5) is 0 Å². The van der Waals surface area contributed by atoms with Crippen LogP contribution in [-0.2, 0) is 0 Å². The smallest absolute Gasteiger partial charge is 0.167 e. The molecule has 0 spiro atoms. The van der Waals surface area contributed by atoms with E-state index in [1.54, 1.807) is 0 Å². The first-order valence-electron chi connectivity index (χ1n) is 5.37. The summed E-state index contributed by atoms with van der Waals surface area (Å²) in [4.78, 5) is 12.0. The van der Waals surface area contributed by atoms with Gasteiger partial charge >= 0.3 is 0 Å². The van der Waals surface area contributed by atoms with Crippen LogP contribution in [-0.4, -0.2) is 12.3 Å². The Bertz CT molecular complexity index is 327. The van der Waals surface area contributed by atoms with Crippen molar-refractivity contribution in [3.05, 3.63) is 35.4 Å². The maximum Gasteiger partial charge on any atom is 0.167 e. The summed E-state index contributed by atoms with van der Waals surface area (Å²) in [5, 5.41) is 0. The molecule has 1 unspecified atom stereocenters. The lowest BCUT2D eigenvalue weighted by atomic mass is 9.88. The van der Waals surface area contributed by atoms with E-state index in [1.807, 2.05) is 45.0 Å². The van der Waals surface area contributed by atoms with E-state index >= 15 is 0 Å². The molecule has 0 bridgehead atoms. The fourth-order valence-corrected chi connectivity index (χ4v) is 1.61. The molecule has 1 aromatic rings. The largest absolute Gasteiger partial charge is 0.330 e. The summed E-state index contributed by atoms with van der Waals surface area (Å²) < 4.78 is 0. The first-order valence-corrected chi connectivity index (χ1v) is 5.37. The highest BCUT2D eigenvalue weighted by atomic mass is 16.1. The number of hydrogen-bond acceptors (Lipinski definition) is 2. The van der Waals surface area contributed by atoms with E-state index in [1.165, 1.54) is 5.56 Å². The average Bonchev–Trinajstić information content (AvgIpc) is 2.19. The monoisotopic (exact) mass is 205 g/mol. The quantitative estimate of drug-likeness (QED) is 0.767. The van der Waals surface area contributed by atoms with Gasteiger partial charge < -0.3 is 5.73 Å². The summed E-state index contributed by atoms with van der Waals surface area (Å²) >= 11 is 0. The van der Waals surface area contributed by atoms with Crippen LogP contribution in [0.3, 0.4) is 0 Å². The van der Waals surface area contributed by atoms with Gasteiger partial charge in [-0.1, -0.05) is 43.7 Å². The Kier molecular flexibility index (Phi) is 4.04. The van der Waals surface area contributed by atoms with E-state index in [9.17, 15) is 4.79 Å². The zero-order chi connectivity index (χ0) is 11.4. The maximum atomic E-state index is 12.0. The Labute approximate surface area is 91.5 Å². The fourth-order valence-electron chi connectivity index (χ4n) is 1.61. The molecular formula is C13H19NO. The lowest BCUT2D eigenvalue weighted by Crippen LogP contribution is -2.28. The van der Waals surface area contributed by atoms with Crippen LogP contribution in [0.2, 0.25) is 0 Å². The van der Waals surface area contributed by atoms with E-state index in [0.717, 1.165) is 5.56 Å². The third kappa shape index (κ3) is 2.90. The molecule has 0 amide bonds. The van der Waals surface area contributed by atoms with Gasteiger partial charge in [0.15, 0.2) is 5.78 Å². The highest BCUT2D eigenvalue weighted by Gasteiger charge is 2.21. The Morgan fingerprint density at radius 1 is 1.27 bits per heavy atom. The van der Waals surface area contributed by atoms with Gasteiger partial charge in [0.1, 0.15) is 0 Å². The molecule has 0 radical (unpaired) electrons. The van der Waals surface area contributed by atoms with Crippen molar-refractivity contribution in [2.75, 3.05) is 6.54 Å². The summed E-state index contributed by atoms with van der Waals surface area (Å²) in [6.45, 7) is 6.49. The Balaban J connectivity index is 2.88. The van der Waals surface area contributed by atoms with Crippen LogP contribution in [0, 0.1) is 18.8 Å². The van der Waals surface area contributed by atoms with Crippen molar-refractivity contribution in [1.29, 1.82) is 0 Å². The molecule has 1 aromatic carbocycles. The number of carbonyl (C=O) groups excluding carboxylic acids is 1. The number of ketones is 1. The van der Waals surface area contributed by atoms with E-state index < -0.39 is 0 Å². The van der Waals surface area contributed by atoms with Crippen LogP contribution in [0.5, 0.6) is 0 Å². The van der Waals surface area contributed by atoms with Crippen molar-refractivity contribution in [2.45, 2.75) is 20.8 Å². The molecule has 0 aliphatic rings. The second-order valence-electron chi connectivity index (χ2n) is 4.32. The third-order valence-corrected chi connectivity index (χ3v) is 2.73. The zero-order valence-corrected chi connectivity index (χ0v) is 9.66. The minimum atomic E-state index is -0.0623. The van der Waals surface area contributed by atoms with Crippen LogP contribution in [0.25, 0.3) is 0 Å². The molecule has 1 rings (SSSR count). The second kappa shape index (κ2) is 5.08. The standard InChI is InChI=1S/C13H19NO/c1-9(2)12(8-14)13(15)11-6-4-10(3)5-7-11/h4-7,9,12H,8,14H2,1-3H3. The van der Waals surface area contributed by atoms with Crippen LogP contribution in [0.1, 0.15) is 29.8 Å². The molecule has 2 nitrogen and oxygen atoms in total. The molecule has 0 aliphatic carbocycles. The van der Waals surface area contributed by atoms with Gasteiger partial charge in [-0.2, -0.15) is 0 Å². The van der Waals surface area contributed by atoms with Gasteiger partial charge in [0, 0.05) is 18.0 Å². The van der Waals surface area contributed by atoms with E-state index in [-0.39, 0.29) is 11.7 Å². The summed E-state index contributed by atoms with van der Waals surface area (Å²) in [6.07, 6.45) is 0. The lowest BCUT2D eigenvalue weighted by Gasteiger charge is -2.17. The number of carbonyl (C=O) groups is 1. The normalized spacial score (nSPS) is 12.9. The summed E-state index contributed by atoms with van der Waals surface area (Å²) in [7, 11) is 0. The van der Waals surface area contributed by atoms with E-state index in [2.05, 4.69) is 0 Å². The molecule has 1 atom stereocenters. The minimum Gasteiger partial charge on any atom is -0.330 e. The Morgan fingerprint density at radius 2 is 1.80 bits per heavy atom. The van der Waals surface area contributed by atoms with Gasteiger partial charge in [-0.3, -0.25) is 4.79 Å². The van der Waals surface area contributed by atoms with Crippen molar-refractivity contribution in [3.63, 3.8) is 0 Å². The molecule has 0 aromatic heterocycles. The fraction of sp³-hybridized carbons (Fsp3) is 0.462. The van der Waals surface area contributed by atoms with Crippen molar-refractivity contribution in [3.8, 4) is 0 Å². The summed E-state index contributed by atoms with van der Waals surface area (Å²) in [5.74, 6) is 0.393. The van der Waals surface area contributed by atoms with Crippen molar-refractivity contribution < 1.29 is 4.79 Å². The van der Waals surface area contributed by atoms with Crippen LogP contribution >= 0.6 is 0 Å². The summed E-state index contributed by atoms with van der Waals surface area (Å²) in [6, 6.07) is 7.67. The molecule has 15 heavy (non-hydrogen) atoms. The number of aryl methyl sites for hydroxylation is 1. The molecule has 82 valence electrons. The maximum absolute atomic E-state index is 12.0. The Hall–Kier alpha value is -1.15. The van der Waals surface area contributed by atoms with Gasteiger partial charge in [-0.25, -0.2) is 0 Å². The highest BCUT2D eigenvalue weighted by molar-refractivity contribution is 5.98.